The van der Waals surface area contributed by atoms with Gasteiger partial charge >= 0.3 is 0 Å². The summed E-state index contributed by atoms with van der Waals surface area (Å²) in [6, 6.07) is 17.4. The quantitative estimate of drug-likeness (QED) is 0.793. The van der Waals surface area contributed by atoms with Gasteiger partial charge in [-0.1, -0.05) is 42.5 Å². The number of aliphatic hydroxyl groups excluding tert-OH is 1. The molecule has 1 N–H and O–H groups in total. The van der Waals surface area contributed by atoms with Crippen LogP contribution in [0.3, 0.4) is 0 Å². The highest BCUT2D eigenvalue weighted by Gasteiger charge is 2.32. The summed E-state index contributed by atoms with van der Waals surface area (Å²) in [5.74, 6) is 1.31. The fraction of sp³-hybridized carbons (Fsp3) is 0.455. The first-order valence-electron chi connectivity index (χ1n) is 9.45. The zero-order chi connectivity index (χ0) is 19.2. The lowest BCUT2D eigenvalue weighted by atomic mass is 10.1. The molecule has 2 aromatic carbocycles. The van der Waals surface area contributed by atoms with Gasteiger partial charge in [-0.3, -0.25) is 0 Å². The molecule has 1 aliphatic rings. The molecule has 0 saturated carbocycles. The van der Waals surface area contributed by atoms with Crippen LogP contribution in [0.4, 0.5) is 0 Å². The predicted molar refractivity (Wildman–Crippen MR) is 103 cm³/mol. The molecular formula is C22H28O5. The van der Waals surface area contributed by atoms with Crippen molar-refractivity contribution in [3.05, 3.63) is 60.2 Å². The van der Waals surface area contributed by atoms with Gasteiger partial charge in [0, 0.05) is 12.0 Å². The number of rotatable bonds is 7. The lowest BCUT2D eigenvalue weighted by Crippen LogP contribution is -2.42. The van der Waals surface area contributed by atoms with E-state index in [2.05, 4.69) is 0 Å². The van der Waals surface area contributed by atoms with Crippen LogP contribution in [-0.4, -0.2) is 36.1 Å². The second kappa shape index (κ2) is 9.22. The maximum atomic E-state index is 9.54. The molecule has 1 fully saturated rings. The first-order valence-corrected chi connectivity index (χ1v) is 9.45. The molecule has 1 saturated heterocycles. The number of aliphatic hydroxyl groups is 1. The molecule has 3 rings (SSSR count). The average molecular weight is 372 g/mol. The molecule has 0 spiro atoms. The number of ether oxygens (including phenoxy) is 4. The monoisotopic (exact) mass is 372 g/mol. The van der Waals surface area contributed by atoms with Crippen LogP contribution in [0.15, 0.2) is 54.6 Å². The molecule has 0 aliphatic carbocycles. The topological polar surface area (TPSA) is 57.2 Å². The van der Waals surface area contributed by atoms with E-state index in [-0.39, 0.29) is 24.6 Å². The molecular weight excluding hydrogens is 344 g/mol. The number of hydrogen-bond donors (Lipinski definition) is 1. The molecule has 0 radical (unpaired) electrons. The van der Waals surface area contributed by atoms with E-state index in [0.717, 1.165) is 5.56 Å². The van der Waals surface area contributed by atoms with Crippen LogP contribution in [0.1, 0.15) is 39.0 Å². The van der Waals surface area contributed by atoms with Gasteiger partial charge in [-0.15, -0.1) is 0 Å². The van der Waals surface area contributed by atoms with Crippen molar-refractivity contribution in [3.8, 4) is 11.5 Å². The van der Waals surface area contributed by atoms with E-state index in [1.54, 1.807) is 6.92 Å². The lowest BCUT2D eigenvalue weighted by Gasteiger charge is -2.35. The third kappa shape index (κ3) is 5.45. The van der Waals surface area contributed by atoms with Gasteiger partial charge in [0.25, 0.3) is 0 Å². The van der Waals surface area contributed by atoms with Crippen molar-refractivity contribution in [2.45, 2.75) is 57.9 Å². The van der Waals surface area contributed by atoms with E-state index < -0.39 is 6.10 Å². The molecule has 146 valence electrons. The maximum absolute atomic E-state index is 9.54. The Labute approximate surface area is 160 Å². The van der Waals surface area contributed by atoms with E-state index in [9.17, 15) is 5.11 Å². The second-order valence-electron chi connectivity index (χ2n) is 7.03. The van der Waals surface area contributed by atoms with Gasteiger partial charge in [-0.2, -0.15) is 0 Å². The first-order chi connectivity index (χ1) is 13.0. The predicted octanol–water partition coefficient (Wildman–Crippen LogP) is 4.11. The molecule has 1 heterocycles. The zero-order valence-corrected chi connectivity index (χ0v) is 16.1. The van der Waals surface area contributed by atoms with Crippen molar-refractivity contribution in [2.24, 2.45) is 0 Å². The summed E-state index contributed by atoms with van der Waals surface area (Å²) >= 11 is 0. The molecule has 27 heavy (non-hydrogen) atoms. The summed E-state index contributed by atoms with van der Waals surface area (Å²) in [6.45, 7) is 6.11. The van der Waals surface area contributed by atoms with Crippen molar-refractivity contribution in [1.29, 1.82) is 0 Å². The number of hydrogen-bond acceptors (Lipinski definition) is 5. The minimum atomic E-state index is -0.414. The van der Waals surface area contributed by atoms with Gasteiger partial charge in [-0.05, 0) is 32.9 Å². The molecule has 5 atom stereocenters. The highest BCUT2D eigenvalue weighted by Crippen LogP contribution is 2.33. The smallest absolute Gasteiger partial charge is 0.184 e. The molecule has 0 amide bonds. The summed E-state index contributed by atoms with van der Waals surface area (Å²) in [7, 11) is 0. The fourth-order valence-electron chi connectivity index (χ4n) is 3.11. The Morgan fingerprint density at radius 1 is 1.04 bits per heavy atom. The Balaban J connectivity index is 1.62. The Morgan fingerprint density at radius 2 is 1.70 bits per heavy atom. The zero-order valence-electron chi connectivity index (χ0n) is 16.1. The summed E-state index contributed by atoms with van der Waals surface area (Å²) in [5.41, 5.74) is 0.999. The average Bonchev–Trinajstić information content (AvgIpc) is 2.65. The summed E-state index contributed by atoms with van der Waals surface area (Å²) in [4.78, 5) is 0. The van der Waals surface area contributed by atoms with E-state index in [1.165, 1.54) is 0 Å². The summed E-state index contributed by atoms with van der Waals surface area (Å²) in [6.07, 6.45) is -0.719. The SMILES string of the molecule is C[C@H](O)C[C@H](C)Oc1ccccc1O[C@H]1CO[C@@H](c2ccccc2)O[C@H]1C. The van der Waals surface area contributed by atoms with Crippen LogP contribution in [0.2, 0.25) is 0 Å². The van der Waals surface area contributed by atoms with Crippen LogP contribution in [-0.2, 0) is 9.47 Å². The Hall–Kier alpha value is -2.08. The molecule has 5 nitrogen and oxygen atoms in total. The van der Waals surface area contributed by atoms with Crippen LogP contribution < -0.4 is 9.47 Å². The Morgan fingerprint density at radius 3 is 2.37 bits per heavy atom. The maximum Gasteiger partial charge on any atom is 0.184 e. The van der Waals surface area contributed by atoms with Gasteiger partial charge in [0.2, 0.25) is 0 Å². The van der Waals surface area contributed by atoms with Crippen molar-refractivity contribution >= 4 is 0 Å². The van der Waals surface area contributed by atoms with Gasteiger partial charge < -0.3 is 24.1 Å². The van der Waals surface area contributed by atoms with Gasteiger partial charge in [0.15, 0.2) is 17.8 Å². The second-order valence-corrected chi connectivity index (χ2v) is 7.03. The summed E-state index contributed by atoms with van der Waals surface area (Å²) in [5, 5.41) is 9.54. The largest absolute Gasteiger partial charge is 0.487 e. The highest BCUT2D eigenvalue weighted by molar-refractivity contribution is 5.40. The molecule has 1 aliphatic heterocycles. The third-order valence-corrected chi connectivity index (χ3v) is 4.47. The van der Waals surface area contributed by atoms with E-state index in [0.29, 0.717) is 24.5 Å². The molecule has 0 aromatic heterocycles. The van der Waals surface area contributed by atoms with Crippen LogP contribution >= 0.6 is 0 Å². The van der Waals surface area contributed by atoms with Gasteiger partial charge in [-0.25, -0.2) is 0 Å². The van der Waals surface area contributed by atoms with Crippen LogP contribution in [0, 0.1) is 0 Å². The fourth-order valence-corrected chi connectivity index (χ4v) is 3.11. The standard InChI is InChI=1S/C22H28O5/c1-15(23)13-16(2)25-19-11-7-8-12-20(19)27-21-14-24-22(26-17(21)3)18-9-5-4-6-10-18/h4-12,15-17,21-23H,13-14H2,1-3H3/t15-,16-,17-,21-,22+/m0/s1. The third-order valence-electron chi connectivity index (χ3n) is 4.47. The van der Waals surface area contributed by atoms with Gasteiger partial charge in [0.1, 0.15) is 6.10 Å². The van der Waals surface area contributed by atoms with Crippen molar-refractivity contribution in [3.63, 3.8) is 0 Å². The van der Waals surface area contributed by atoms with E-state index in [1.807, 2.05) is 68.4 Å². The molecule has 2 aromatic rings. The van der Waals surface area contributed by atoms with Crippen LogP contribution in [0.5, 0.6) is 11.5 Å². The Kier molecular flexibility index (Phi) is 6.72. The minimum absolute atomic E-state index is 0.117. The number of para-hydroxylation sites is 2. The first kappa shape index (κ1) is 19.7. The molecule has 0 unspecified atom stereocenters. The molecule has 0 bridgehead atoms. The van der Waals surface area contributed by atoms with Crippen LogP contribution in [0.25, 0.3) is 0 Å². The van der Waals surface area contributed by atoms with Crippen molar-refractivity contribution in [1.82, 2.24) is 0 Å². The minimum Gasteiger partial charge on any atom is -0.487 e. The number of benzene rings is 2. The lowest BCUT2D eigenvalue weighted by molar-refractivity contribution is -0.246. The van der Waals surface area contributed by atoms with E-state index >= 15 is 0 Å². The highest BCUT2D eigenvalue weighted by atomic mass is 16.7. The Bertz CT molecular complexity index is 703. The molecule has 5 heteroatoms. The van der Waals surface area contributed by atoms with Crippen molar-refractivity contribution < 1.29 is 24.1 Å². The van der Waals surface area contributed by atoms with Gasteiger partial charge in [0.05, 0.1) is 24.9 Å². The van der Waals surface area contributed by atoms with Crippen molar-refractivity contribution in [2.75, 3.05) is 6.61 Å². The normalized spacial score (nSPS) is 24.8. The summed E-state index contributed by atoms with van der Waals surface area (Å²) < 4.78 is 24.0. The van der Waals surface area contributed by atoms with E-state index in [4.69, 9.17) is 18.9 Å².